The number of rotatable bonds is 5. The molecule has 2 aromatic carbocycles. The third-order valence-corrected chi connectivity index (χ3v) is 9.13. The summed E-state index contributed by atoms with van der Waals surface area (Å²) < 4.78 is 66.8. The fourth-order valence-corrected chi connectivity index (χ4v) is 6.96. The first-order valence-corrected chi connectivity index (χ1v) is 14.5. The molecule has 0 atom stereocenters. The number of aryl methyl sites for hydroxylation is 1. The van der Waals surface area contributed by atoms with Crippen molar-refractivity contribution in [1.82, 2.24) is 14.3 Å². The highest BCUT2D eigenvalue weighted by Gasteiger charge is 2.30. The topological polar surface area (TPSA) is 63.2 Å². The van der Waals surface area contributed by atoms with E-state index in [0.29, 0.717) is 41.3 Å². The Morgan fingerprint density at radius 2 is 1.50 bits per heavy atom. The Bertz CT molecular complexity index is 1570. The molecule has 10 heteroatoms. The summed E-state index contributed by atoms with van der Waals surface area (Å²) in [5.74, 6) is 1.56. The van der Waals surface area contributed by atoms with Crippen LogP contribution in [0.25, 0.3) is 33.6 Å². The second-order valence-electron chi connectivity index (χ2n) is 8.93. The maximum atomic E-state index is 13.2. The van der Waals surface area contributed by atoms with E-state index in [1.807, 2.05) is 31.2 Å². The van der Waals surface area contributed by atoms with Crippen molar-refractivity contribution < 1.29 is 21.6 Å². The lowest BCUT2D eigenvalue weighted by atomic mass is 10.0. The largest absolute Gasteiger partial charge is 0.416 e. The zero-order chi connectivity index (χ0) is 26.9. The van der Waals surface area contributed by atoms with Crippen LogP contribution in [0.4, 0.5) is 13.2 Å². The number of benzene rings is 2. The smallest absolute Gasteiger partial charge is 0.256 e. The lowest BCUT2D eigenvalue weighted by Crippen LogP contribution is -2.37. The minimum atomic E-state index is -4.39. The number of sulfonamides is 1. The van der Waals surface area contributed by atoms with Crippen LogP contribution in [0.5, 0.6) is 0 Å². The molecule has 38 heavy (non-hydrogen) atoms. The minimum Gasteiger partial charge on any atom is -0.256 e. The predicted molar refractivity (Wildman–Crippen MR) is 144 cm³/mol. The molecule has 5 nitrogen and oxygen atoms in total. The van der Waals surface area contributed by atoms with Gasteiger partial charge in [-0.1, -0.05) is 24.3 Å². The molecule has 1 aliphatic rings. The third kappa shape index (κ3) is 5.62. The molecule has 0 radical (unpaired) electrons. The molecule has 1 saturated heterocycles. The van der Waals surface area contributed by atoms with Crippen LogP contribution in [0.15, 0.2) is 83.9 Å². The van der Waals surface area contributed by atoms with Crippen LogP contribution in [-0.2, 0) is 16.2 Å². The van der Waals surface area contributed by atoms with E-state index in [2.05, 4.69) is 9.97 Å². The number of thioether (sulfide) groups is 1. The molecule has 0 unspecified atom stereocenters. The van der Waals surface area contributed by atoms with Crippen LogP contribution in [0.2, 0.25) is 0 Å². The van der Waals surface area contributed by atoms with Gasteiger partial charge >= 0.3 is 6.18 Å². The van der Waals surface area contributed by atoms with Gasteiger partial charge in [0.15, 0.2) is 0 Å². The van der Waals surface area contributed by atoms with Crippen LogP contribution in [0.1, 0.15) is 11.3 Å². The normalized spacial score (nSPS) is 14.9. The van der Waals surface area contributed by atoms with Gasteiger partial charge in [0.25, 0.3) is 0 Å². The Morgan fingerprint density at radius 3 is 2.21 bits per heavy atom. The van der Waals surface area contributed by atoms with Crippen molar-refractivity contribution in [2.75, 3.05) is 24.6 Å². The van der Waals surface area contributed by atoms with Gasteiger partial charge in [-0.15, -0.1) is 0 Å². The number of alkyl halides is 3. The van der Waals surface area contributed by atoms with E-state index in [1.165, 1.54) is 16.4 Å². The van der Waals surface area contributed by atoms with Gasteiger partial charge in [-0.05, 0) is 66.6 Å². The summed E-state index contributed by atoms with van der Waals surface area (Å²) in [5, 5.41) is 0. The second-order valence-corrected chi connectivity index (χ2v) is 12.1. The molecule has 3 heterocycles. The number of hydrogen-bond donors (Lipinski definition) is 0. The van der Waals surface area contributed by atoms with E-state index in [1.54, 1.807) is 42.2 Å². The van der Waals surface area contributed by atoms with Gasteiger partial charge in [-0.3, -0.25) is 9.97 Å². The van der Waals surface area contributed by atoms with Crippen molar-refractivity contribution in [1.29, 1.82) is 0 Å². The van der Waals surface area contributed by atoms with E-state index in [-0.39, 0.29) is 4.90 Å². The van der Waals surface area contributed by atoms with Crippen LogP contribution < -0.4 is 0 Å². The molecule has 5 rings (SSSR count). The SMILES string of the molecule is Cc1cc(-c2ccc(C(F)(F)F)cc2)cc(-c2ccnc(-c3cccc(S(=O)(=O)N4CCSCC4)c3)c2)n1. The highest BCUT2D eigenvalue weighted by Crippen LogP contribution is 2.33. The molecule has 0 N–H and O–H groups in total. The summed E-state index contributed by atoms with van der Waals surface area (Å²) >= 11 is 1.74. The Morgan fingerprint density at radius 1 is 0.816 bits per heavy atom. The summed E-state index contributed by atoms with van der Waals surface area (Å²) in [5.41, 5.74) is 4.05. The molecule has 2 aromatic heterocycles. The standard InChI is InChI=1S/C28H24F3N3O2S2/c1-19-15-23(20-5-7-24(8-6-20)28(29,30)31)18-27(33-19)22-9-10-32-26(17-22)21-3-2-4-25(16-21)38(35,36)34-11-13-37-14-12-34/h2-10,15-18H,11-14H2,1H3. The second kappa shape index (κ2) is 10.5. The predicted octanol–water partition coefficient (Wildman–Crippen LogP) is 6.54. The first-order valence-electron chi connectivity index (χ1n) is 11.9. The van der Waals surface area contributed by atoms with Crippen molar-refractivity contribution >= 4 is 21.8 Å². The molecule has 0 aliphatic carbocycles. The van der Waals surface area contributed by atoms with Crippen LogP contribution in [0, 0.1) is 6.92 Å². The molecular formula is C28H24F3N3O2S2. The fourth-order valence-electron chi connectivity index (χ4n) is 4.33. The molecular weight excluding hydrogens is 531 g/mol. The highest BCUT2D eigenvalue weighted by atomic mass is 32.2. The number of pyridine rings is 2. The zero-order valence-corrected chi connectivity index (χ0v) is 22.1. The molecule has 0 spiro atoms. The average molecular weight is 556 g/mol. The van der Waals surface area contributed by atoms with E-state index in [0.717, 1.165) is 34.8 Å². The molecule has 196 valence electrons. The average Bonchev–Trinajstić information content (AvgIpc) is 2.93. The molecule has 1 aliphatic heterocycles. The number of nitrogens with zero attached hydrogens (tertiary/aromatic N) is 3. The van der Waals surface area contributed by atoms with Gasteiger partial charge < -0.3 is 0 Å². The van der Waals surface area contributed by atoms with E-state index in [4.69, 9.17) is 0 Å². The fraction of sp³-hybridized carbons (Fsp3) is 0.214. The van der Waals surface area contributed by atoms with Gasteiger partial charge in [-0.2, -0.15) is 29.2 Å². The third-order valence-electron chi connectivity index (χ3n) is 6.29. The lowest BCUT2D eigenvalue weighted by molar-refractivity contribution is -0.137. The lowest BCUT2D eigenvalue weighted by Gasteiger charge is -2.25. The van der Waals surface area contributed by atoms with Crippen molar-refractivity contribution in [2.24, 2.45) is 0 Å². The van der Waals surface area contributed by atoms with Crippen molar-refractivity contribution in [3.63, 3.8) is 0 Å². The van der Waals surface area contributed by atoms with Crippen LogP contribution in [0.3, 0.4) is 0 Å². The monoisotopic (exact) mass is 555 g/mol. The minimum absolute atomic E-state index is 0.229. The highest BCUT2D eigenvalue weighted by molar-refractivity contribution is 7.99. The summed E-state index contributed by atoms with van der Waals surface area (Å²) in [6.45, 7) is 2.81. The van der Waals surface area contributed by atoms with Gasteiger partial charge in [-0.25, -0.2) is 8.42 Å². The Hall–Kier alpha value is -3.21. The Balaban J connectivity index is 1.47. The maximum Gasteiger partial charge on any atom is 0.416 e. The summed E-state index contributed by atoms with van der Waals surface area (Å²) in [6.07, 6.45) is -2.76. The number of hydrogen-bond acceptors (Lipinski definition) is 5. The first kappa shape index (κ1) is 26.4. The Labute approximate surface area is 223 Å². The van der Waals surface area contributed by atoms with Crippen LogP contribution in [-0.4, -0.2) is 47.3 Å². The quantitative estimate of drug-likeness (QED) is 0.280. The summed E-state index contributed by atoms with van der Waals surface area (Å²) in [7, 11) is -3.60. The van der Waals surface area contributed by atoms with E-state index < -0.39 is 21.8 Å². The van der Waals surface area contributed by atoms with Gasteiger partial charge in [0.1, 0.15) is 0 Å². The molecule has 0 bridgehead atoms. The maximum absolute atomic E-state index is 13.2. The number of aromatic nitrogens is 2. The summed E-state index contributed by atoms with van der Waals surface area (Å²) in [4.78, 5) is 9.32. The Kier molecular flexibility index (Phi) is 7.30. The van der Waals surface area contributed by atoms with Gasteiger partial charge in [0.2, 0.25) is 10.0 Å². The van der Waals surface area contributed by atoms with Crippen molar-refractivity contribution in [3.8, 4) is 33.6 Å². The van der Waals surface area contributed by atoms with Crippen molar-refractivity contribution in [2.45, 2.75) is 18.0 Å². The summed E-state index contributed by atoms with van der Waals surface area (Å²) in [6, 6.07) is 19.1. The molecule has 1 fully saturated rings. The van der Waals surface area contributed by atoms with Gasteiger partial charge in [0.05, 0.1) is 21.8 Å². The van der Waals surface area contributed by atoms with Crippen LogP contribution >= 0.6 is 11.8 Å². The molecule has 0 amide bonds. The van der Waals surface area contributed by atoms with Crippen molar-refractivity contribution in [3.05, 3.63) is 90.3 Å². The zero-order valence-electron chi connectivity index (χ0n) is 20.4. The molecule has 4 aromatic rings. The van der Waals surface area contributed by atoms with E-state index >= 15 is 0 Å². The molecule has 0 saturated carbocycles. The first-order chi connectivity index (χ1) is 18.1. The van der Waals surface area contributed by atoms with E-state index in [9.17, 15) is 21.6 Å². The van der Waals surface area contributed by atoms with Gasteiger partial charge in [0, 0.05) is 47.6 Å². The number of halogens is 3.